The van der Waals surface area contributed by atoms with Crippen molar-refractivity contribution in [1.82, 2.24) is 5.32 Å². The van der Waals surface area contributed by atoms with Crippen LogP contribution in [0.5, 0.6) is 0 Å². The molecule has 0 saturated heterocycles. The number of amides is 2. The van der Waals surface area contributed by atoms with E-state index in [9.17, 15) is 18.5 Å². The number of hydrogen-bond donors (Lipinski definition) is 2. The number of para-hydroxylation sites is 1. The van der Waals surface area contributed by atoms with Gasteiger partial charge in [-0.3, -0.25) is 14.9 Å². The molecule has 1 unspecified atom stereocenters. The van der Waals surface area contributed by atoms with Crippen LogP contribution in [-0.2, 0) is 21.0 Å². The van der Waals surface area contributed by atoms with Crippen molar-refractivity contribution in [3.05, 3.63) is 41.1 Å². The van der Waals surface area contributed by atoms with Gasteiger partial charge in [-0.25, -0.2) is 4.72 Å². The summed E-state index contributed by atoms with van der Waals surface area (Å²) in [6.07, 6.45) is 0. The first-order chi connectivity index (χ1) is 8.09. The molecule has 1 aliphatic heterocycles. The summed E-state index contributed by atoms with van der Waals surface area (Å²) in [6, 6.07) is 8.32. The number of carbonyl (C=O) groups is 2. The lowest BCUT2D eigenvalue weighted by atomic mass is 10.3. The highest BCUT2D eigenvalue weighted by molar-refractivity contribution is 7.97. The Kier molecular flexibility index (Phi) is 3.12. The van der Waals surface area contributed by atoms with E-state index in [1.165, 1.54) is 0 Å². The third kappa shape index (κ3) is 2.29. The summed E-state index contributed by atoms with van der Waals surface area (Å²) >= 11 is -2.11. The van der Waals surface area contributed by atoms with Crippen LogP contribution in [0.1, 0.15) is 0 Å². The number of nitrogens with one attached hydrogen (secondary N) is 2. The van der Waals surface area contributed by atoms with Crippen LogP contribution in [-0.4, -0.2) is 16.4 Å². The Morgan fingerprint density at radius 3 is 2.35 bits per heavy atom. The molecular formula is C10H7FN2O3S. The third-order valence-corrected chi connectivity index (χ3v) is 3.16. The Hall–Kier alpha value is -1.86. The van der Waals surface area contributed by atoms with Gasteiger partial charge in [-0.15, -0.1) is 0 Å². The molecule has 1 atom stereocenters. The van der Waals surface area contributed by atoms with Crippen LogP contribution in [0, 0.1) is 0 Å². The lowest BCUT2D eigenvalue weighted by Gasteiger charge is -2.10. The molecule has 17 heavy (non-hydrogen) atoms. The molecule has 2 N–H and O–H groups in total. The predicted octanol–water partition coefficient (Wildman–Crippen LogP) is 0.600. The van der Waals surface area contributed by atoms with E-state index in [0.717, 1.165) is 0 Å². The fraction of sp³-hybridized carbons (Fsp3) is 0. The van der Waals surface area contributed by atoms with Crippen LogP contribution >= 0.6 is 0 Å². The zero-order valence-corrected chi connectivity index (χ0v) is 9.21. The van der Waals surface area contributed by atoms with E-state index in [1.54, 1.807) is 35.6 Å². The van der Waals surface area contributed by atoms with Crippen molar-refractivity contribution in [3.63, 3.8) is 0 Å². The second kappa shape index (κ2) is 4.56. The number of halogens is 1. The van der Waals surface area contributed by atoms with Gasteiger partial charge in [0, 0.05) is 0 Å². The second-order valence-corrected chi connectivity index (χ2v) is 4.31. The van der Waals surface area contributed by atoms with Crippen LogP contribution in [0.2, 0.25) is 0 Å². The molecule has 2 rings (SSSR count). The summed E-state index contributed by atoms with van der Waals surface area (Å²) < 4.78 is 27.3. The molecule has 1 aromatic rings. The average molecular weight is 254 g/mol. The van der Waals surface area contributed by atoms with Gasteiger partial charge in [-0.2, -0.15) is 4.39 Å². The van der Waals surface area contributed by atoms with Crippen molar-refractivity contribution in [1.29, 1.82) is 0 Å². The molecule has 7 heteroatoms. The number of benzene rings is 1. The van der Waals surface area contributed by atoms with Crippen molar-refractivity contribution in [2.45, 2.75) is 0 Å². The van der Waals surface area contributed by atoms with Gasteiger partial charge in [0.2, 0.25) is 0 Å². The largest absolute Gasteiger partial charge is 0.588 e. The smallest absolute Gasteiger partial charge is 0.312 e. The van der Waals surface area contributed by atoms with Gasteiger partial charge in [0.15, 0.2) is 0 Å². The van der Waals surface area contributed by atoms with Gasteiger partial charge < -0.3 is 4.55 Å². The monoisotopic (exact) mass is 254 g/mol. The summed E-state index contributed by atoms with van der Waals surface area (Å²) in [4.78, 5) is 21.3. The number of hydrogen-bond acceptors (Lipinski definition) is 4. The summed E-state index contributed by atoms with van der Waals surface area (Å²) in [7, 11) is 0. The Labute approximate surface area is 99.0 Å². The molecule has 1 heterocycles. The highest BCUT2D eigenvalue weighted by atomic mass is 32.2. The molecule has 0 bridgehead atoms. The summed E-state index contributed by atoms with van der Waals surface area (Å²) in [5.74, 6) is -3.45. The van der Waals surface area contributed by atoms with Crippen molar-refractivity contribution in [2.75, 3.05) is 4.72 Å². The van der Waals surface area contributed by atoms with E-state index in [0.29, 0.717) is 5.69 Å². The zero-order valence-electron chi connectivity index (χ0n) is 8.40. The summed E-state index contributed by atoms with van der Waals surface area (Å²) in [5, 5.41) is 1.72. The van der Waals surface area contributed by atoms with E-state index < -0.39 is 33.9 Å². The highest BCUT2D eigenvalue weighted by Gasteiger charge is 2.40. The molecule has 0 fully saturated rings. The van der Waals surface area contributed by atoms with Crippen LogP contribution < -0.4 is 10.0 Å². The molecular weight excluding hydrogens is 247 g/mol. The molecule has 0 saturated carbocycles. The van der Waals surface area contributed by atoms with Gasteiger partial charge >= 0.3 is 5.91 Å². The van der Waals surface area contributed by atoms with Gasteiger partial charge in [-0.1, -0.05) is 18.2 Å². The Morgan fingerprint density at radius 1 is 1.18 bits per heavy atom. The van der Waals surface area contributed by atoms with Crippen molar-refractivity contribution in [3.8, 4) is 0 Å². The number of rotatable bonds is 3. The minimum atomic E-state index is -2.11. The van der Waals surface area contributed by atoms with E-state index in [4.69, 9.17) is 0 Å². The maximum absolute atomic E-state index is 13.2. The van der Waals surface area contributed by atoms with Gasteiger partial charge in [0.05, 0.1) is 5.69 Å². The minimum Gasteiger partial charge on any atom is -0.588 e. The third-order valence-electron chi connectivity index (χ3n) is 2.00. The molecule has 0 aromatic heterocycles. The molecule has 2 amide bonds. The molecule has 0 radical (unpaired) electrons. The van der Waals surface area contributed by atoms with Gasteiger partial charge in [-0.05, 0) is 12.1 Å². The second-order valence-electron chi connectivity index (χ2n) is 3.16. The Morgan fingerprint density at radius 2 is 1.82 bits per heavy atom. The van der Waals surface area contributed by atoms with Crippen LogP contribution in [0.4, 0.5) is 10.1 Å². The molecule has 1 aromatic carbocycles. The van der Waals surface area contributed by atoms with Crippen LogP contribution in [0.15, 0.2) is 41.1 Å². The van der Waals surface area contributed by atoms with Crippen molar-refractivity contribution >= 4 is 28.9 Å². The van der Waals surface area contributed by atoms with E-state index in [1.807, 2.05) is 0 Å². The highest BCUT2D eigenvalue weighted by Crippen LogP contribution is 2.21. The maximum Gasteiger partial charge on any atom is 0.312 e. The lowest BCUT2D eigenvalue weighted by molar-refractivity contribution is -0.124. The Balaban J connectivity index is 2.19. The lowest BCUT2D eigenvalue weighted by Crippen LogP contribution is -2.26. The van der Waals surface area contributed by atoms with Crippen molar-refractivity contribution < 1.29 is 18.5 Å². The fourth-order valence-corrected chi connectivity index (χ4v) is 2.17. The van der Waals surface area contributed by atoms with Gasteiger partial charge in [0.25, 0.3) is 16.6 Å². The normalized spacial score (nSPS) is 17.1. The predicted molar refractivity (Wildman–Crippen MR) is 59.5 cm³/mol. The summed E-state index contributed by atoms with van der Waals surface area (Å²) in [5.41, 5.74) is 0.457. The first-order valence-electron chi connectivity index (χ1n) is 4.58. The molecule has 0 spiro atoms. The standard InChI is InChI=1S/C10H7FN2O3S/c11-7-8(10(15)12-9(7)14)17(16)13-6-4-2-1-3-5-6/h1-5,13H,(H,12,14,15). The first kappa shape index (κ1) is 11.6. The van der Waals surface area contributed by atoms with Crippen LogP contribution in [0.25, 0.3) is 0 Å². The zero-order chi connectivity index (χ0) is 12.4. The molecule has 1 aliphatic rings. The summed E-state index contributed by atoms with van der Waals surface area (Å²) in [6.45, 7) is 0. The van der Waals surface area contributed by atoms with E-state index in [-0.39, 0.29) is 0 Å². The average Bonchev–Trinajstić information content (AvgIpc) is 2.54. The van der Waals surface area contributed by atoms with E-state index >= 15 is 0 Å². The van der Waals surface area contributed by atoms with Crippen molar-refractivity contribution in [2.24, 2.45) is 0 Å². The first-order valence-corrected chi connectivity index (χ1v) is 5.73. The number of imide groups is 1. The quantitative estimate of drug-likeness (QED) is 0.611. The fourth-order valence-electron chi connectivity index (χ4n) is 1.25. The number of anilines is 1. The minimum absolute atomic E-state index is 0.457. The van der Waals surface area contributed by atoms with Crippen LogP contribution in [0.3, 0.4) is 0 Å². The topological polar surface area (TPSA) is 81.3 Å². The molecule has 5 nitrogen and oxygen atoms in total. The van der Waals surface area contributed by atoms with Gasteiger partial charge in [0.1, 0.15) is 11.4 Å². The molecule has 88 valence electrons. The maximum atomic E-state index is 13.2. The SMILES string of the molecule is O=C1NC(=O)C([S+]([O-])Nc2ccccc2)=C1F. The Bertz CT molecular complexity index is 504. The molecule has 0 aliphatic carbocycles. The number of carbonyl (C=O) groups excluding carboxylic acids is 2. The van der Waals surface area contributed by atoms with E-state index in [2.05, 4.69) is 4.72 Å².